The van der Waals surface area contributed by atoms with E-state index in [4.69, 9.17) is 0 Å². The van der Waals surface area contributed by atoms with Crippen molar-refractivity contribution in [3.05, 3.63) is 112 Å². The van der Waals surface area contributed by atoms with Crippen LogP contribution in [0.1, 0.15) is 109 Å². The number of likely N-dealkylation sites (N-methyl/N-ethyl adjacent to an activating group) is 1. The first-order valence-electron chi connectivity index (χ1n) is 20.8. The van der Waals surface area contributed by atoms with Crippen LogP contribution in [0.3, 0.4) is 0 Å². The van der Waals surface area contributed by atoms with E-state index in [0.29, 0.717) is 12.0 Å². The van der Waals surface area contributed by atoms with Crippen LogP contribution >= 0.6 is 11.3 Å². The Morgan fingerprint density at radius 1 is 0.949 bits per heavy atom. The molecule has 0 bridgehead atoms. The molecule has 2 heterocycles. The van der Waals surface area contributed by atoms with Crippen molar-refractivity contribution in [2.24, 2.45) is 11.8 Å². The van der Waals surface area contributed by atoms with E-state index < -0.39 is 29.9 Å². The molecule has 3 N–H and O–H groups in total. The minimum Gasteiger partial charge on any atom is -0.481 e. The van der Waals surface area contributed by atoms with Crippen LogP contribution in [0.4, 0.5) is 0 Å². The second-order valence-corrected chi connectivity index (χ2v) is 17.0. The first-order chi connectivity index (χ1) is 28.3. The second kappa shape index (κ2) is 21.2. The summed E-state index contributed by atoms with van der Waals surface area (Å²) in [4.78, 5) is 76.4. The molecule has 59 heavy (non-hydrogen) atoms. The zero-order chi connectivity index (χ0) is 42.6. The van der Waals surface area contributed by atoms with Crippen LogP contribution in [0.2, 0.25) is 0 Å². The number of aromatic nitrogens is 1. The van der Waals surface area contributed by atoms with Crippen LogP contribution < -0.4 is 10.6 Å². The van der Waals surface area contributed by atoms with Gasteiger partial charge in [0.15, 0.2) is 10.8 Å². The molecule has 1 saturated heterocycles. The standard InChI is InChI=1S/C47H59N5O6S/c1-7-31(4)42(50-44(55)39-20-14-15-25-51(39)6)46(56)52(28-33-16-10-8-11-17-33)40(30(2)3)27-41(53)45-49-38(29-59-45)43(54)48-24-23-36(47(57)58)37-26-35(22-21-32(37)5)34-18-12-9-13-19-34/h8-13,16-19,21-22,26,29-31,36,39-40,42H,7,14-15,20,23-25,27-28H2,1-6H3,(H,48,54)(H,50,55)(H,57,58)/t31?,36-,39?,40-,42?/m1/s1. The van der Waals surface area contributed by atoms with Gasteiger partial charge in [0, 0.05) is 30.9 Å². The summed E-state index contributed by atoms with van der Waals surface area (Å²) in [5, 5.41) is 17.8. The van der Waals surface area contributed by atoms with Gasteiger partial charge in [0.25, 0.3) is 5.91 Å². The van der Waals surface area contributed by atoms with E-state index in [0.717, 1.165) is 59.4 Å². The molecule has 1 aliphatic rings. The molecule has 1 aliphatic heterocycles. The lowest BCUT2D eigenvalue weighted by molar-refractivity contribution is -0.142. The summed E-state index contributed by atoms with van der Waals surface area (Å²) in [5.74, 6) is -3.30. The van der Waals surface area contributed by atoms with Crippen molar-refractivity contribution in [2.45, 2.75) is 104 Å². The average Bonchev–Trinajstić information content (AvgIpc) is 3.74. The highest BCUT2D eigenvalue weighted by Crippen LogP contribution is 2.30. The van der Waals surface area contributed by atoms with Crippen molar-refractivity contribution in [2.75, 3.05) is 20.1 Å². The molecule has 11 nitrogen and oxygen atoms in total. The molecule has 0 radical (unpaired) electrons. The Bertz CT molecular complexity index is 2050. The number of carboxylic acids is 1. The number of rotatable bonds is 19. The SMILES string of the molecule is CCC(C)C(NC(=O)C1CCCCN1C)C(=O)N(Cc1ccccc1)[C@H](CC(=O)c1nc(C(=O)NCC[C@@H](C(=O)O)c2cc(-c3ccccc3)ccc2C)cs1)C(C)C. The largest absolute Gasteiger partial charge is 0.481 e. The zero-order valence-corrected chi connectivity index (χ0v) is 36.0. The predicted octanol–water partition coefficient (Wildman–Crippen LogP) is 7.75. The highest BCUT2D eigenvalue weighted by molar-refractivity contribution is 7.12. The normalized spacial score (nSPS) is 16.4. The quantitative estimate of drug-likeness (QED) is 0.0814. The number of carbonyl (C=O) groups is 5. The summed E-state index contributed by atoms with van der Waals surface area (Å²) in [6, 6.07) is 23.5. The van der Waals surface area contributed by atoms with Crippen LogP contribution in [-0.4, -0.2) is 87.6 Å². The van der Waals surface area contributed by atoms with Crippen LogP contribution in [0.5, 0.6) is 0 Å². The van der Waals surface area contributed by atoms with E-state index in [1.807, 2.05) is 121 Å². The molecule has 5 atom stereocenters. The van der Waals surface area contributed by atoms with E-state index in [1.54, 1.807) is 4.90 Å². The van der Waals surface area contributed by atoms with Crippen molar-refractivity contribution in [1.29, 1.82) is 0 Å². The number of nitrogens with one attached hydrogen (secondary N) is 2. The fraction of sp³-hybridized carbons (Fsp3) is 0.447. The van der Waals surface area contributed by atoms with Crippen molar-refractivity contribution in [3.63, 3.8) is 0 Å². The van der Waals surface area contributed by atoms with Gasteiger partial charge in [-0.2, -0.15) is 0 Å². The predicted molar refractivity (Wildman–Crippen MR) is 232 cm³/mol. The third-order valence-electron chi connectivity index (χ3n) is 11.6. The molecule has 1 fully saturated rings. The number of hydrogen-bond donors (Lipinski definition) is 3. The number of likely N-dealkylation sites (tertiary alicyclic amines) is 1. The highest BCUT2D eigenvalue weighted by atomic mass is 32.1. The first-order valence-corrected chi connectivity index (χ1v) is 21.7. The Morgan fingerprint density at radius 3 is 2.29 bits per heavy atom. The van der Waals surface area contributed by atoms with Crippen molar-refractivity contribution in [3.8, 4) is 11.1 Å². The lowest BCUT2D eigenvalue weighted by Gasteiger charge is -2.39. The summed E-state index contributed by atoms with van der Waals surface area (Å²) < 4.78 is 0. The van der Waals surface area contributed by atoms with Crippen molar-refractivity contribution >= 4 is 40.8 Å². The van der Waals surface area contributed by atoms with Gasteiger partial charge in [-0.25, -0.2) is 4.98 Å². The van der Waals surface area contributed by atoms with Crippen LogP contribution in [0.25, 0.3) is 11.1 Å². The van der Waals surface area contributed by atoms with Crippen molar-refractivity contribution in [1.82, 2.24) is 25.4 Å². The molecule has 0 spiro atoms. The van der Waals surface area contributed by atoms with Gasteiger partial charge in [-0.05, 0) is 79.4 Å². The van der Waals surface area contributed by atoms with E-state index >= 15 is 0 Å². The second-order valence-electron chi connectivity index (χ2n) is 16.2. The van der Waals surface area contributed by atoms with Gasteiger partial charge in [0.2, 0.25) is 11.8 Å². The molecule has 3 aromatic carbocycles. The maximum Gasteiger partial charge on any atom is 0.311 e. The van der Waals surface area contributed by atoms with Gasteiger partial charge in [-0.1, -0.05) is 119 Å². The summed E-state index contributed by atoms with van der Waals surface area (Å²) in [6.45, 7) is 11.0. The maximum atomic E-state index is 14.8. The summed E-state index contributed by atoms with van der Waals surface area (Å²) in [7, 11) is 1.95. The lowest BCUT2D eigenvalue weighted by atomic mass is 9.89. The fourth-order valence-corrected chi connectivity index (χ4v) is 8.55. The van der Waals surface area contributed by atoms with Crippen LogP contribution in [-0.2, 0) is 20.9 Å². The van der Waals surface area contributed by atoms with E-state index in [1.165, 1.54) is 5.38 Å². The van der Waals surface area contributed by atoms with Gasteiger partial charge in [0.1, 0.15) is 11.7 Å². The molecule has 5 rings (SSSR count). The topological polar surface area (TPSA) is 149 Å². The molecular formula is C47H59N5O6S. The molecule has 0 saturated carbocycles. The number of nitrogens with zero attached hydrogens (tertiary/aromatic N) is 3. The molecule has 4 aromatic rings. The number of aryl methyl sites for hydroxylation is 1. The minimum absolute atomic E-state index is 0.0287. The van der Waals surface area contributed by atoms with Gasteiger partial charge in [0.05, 0.1) is 12.0 Å². The van der Waals surface area contributed by atoms with Gasteiger partial charge >= 0.3 is 5.97 Å². The van der Waals surface area contributed by atoms with Gasteiger partial charge in [-0.3, -0.25) is 28.9 Å². The van der Waals surface area contributed by atoms with E-state index in [9.17, 15) is 29.1 Å². The smallest absolute Gasteiger partial charge is 0.311 e. The molecule has 3 amide bonds. The molecule has 12 heteroatoms. The Balaban J connectivity index is 1.29. The molecule has 3 unspecified atom stereocenters. The van der Waals surface area contributed by atoms with Gasteiger partial charge in [-0.15, -0.1) is 11.3 Å². The van der Waals surface area contributed by atoms with Crippen LogP contribution in [0, 0.1) is 18.8 Å². The summed E-state index contributed by atoms with van der Waals surface area (Å²) in [5.41, 5.74) is 4.40. The van der Waals surface area contributed by atoms with E-state index in [-0.39, 0.29) is 72.1 Å². The molecule has 314 valence electrons. The highest BCUT2D eigenvalue weighted by Gasteiger charge is 2.38. The molecule has 1 aromatic heterocycles. The van der Waals surface area contributed by atoms with Crippen LogP contribution in [0.15, 0.2) is 84.2 Å². The van der Waals surface area contributed by atoms with Crippen molar-refractivity contribution < 1.29 is 29.1 Å². The molecular weight excluding hydrogens is 763 g/mol. The van der Waals surface area contributed by atoms with Gasteiger partial charge < -0.3 is 20.6 Å². The number of hydrogen-bond acceptors (Lipinski definition) is 8. The number of piperidine rings is 1. The monoisotopic (exact) mass is 821 g/mol. The molecule has 0 aliphatic carbocycles. The third kappa shape index (κ3) is 11.7. The number of aliphatic carboxylic acids is 1. The zero-order valence-electron chi connectivity index (χ0n) is 35.1. The van der Waals surface area contributed by atoms with E-state index in [2.05, 4.69) is 20.5 Å². The number of benzene rings is 3. The third-order valence-corrected chi connectivity index (χ3v) is 12.5. The number of thiazole rings is 1. The Kier molecular flexibility index (Phi) is 16.1. The number of Topliss-reactive ketones (excluding diaryl/α,β-unsaturated/α-hetero) is 1. The Hall–Kier alpha value is -5.20. The summed E-state index contributed by atoms with van der Waals surface area (Å²) >= 11 is 1.07. The number of carboxylic acid groups (broad SMARTS) is 1. The average molecular weight is 822 g/mol. The number of carbonyl (C=O) groups excluding carboxylic acids is 4. The first kappa shape index (κ1) is 44.9. The minimum atomic E-state index is -0.983. The Labute approximate surface area is 352 Å². The lowest BCUT2D eigenvalue weighted by Crippen LogP contribution is -2.58. The number of amides is 3. The number of ketones is 1. The maximum absolute atomic E-state index is 14.8. The summed E-state index contributed by atoms with van der Waals surface area (Å²) in [6.07, 6.45) is 3.53. The Morgan fingerprint density at radius 2 is 1.64 bits per heavy atom. The fourth-order valence-electron chi connectivity index (χ4n) is 7.80.